The fraction of sp³-hybridized carbons (Fsp3) is 0.300. The van der Waals surface area contributed by atoms with Gasteiger partial charge in [-0.1, -0.05) is 12.1 Å². The molecule has 2 rings (SSSR count). The van der Waals surface area contributed by atoms with Gasteiger partial charge in [0.2, 0.25) is 0 Å². The molecule has 0 amide bonds. The quantitative estimate of drug-likeness (QED) is 0.731. The largest absolute Gasteiger partial charge is 0.370 e. The third-order valence-electron chi connectivity index (χ3n) is 2.32. The molecule has 2 N–H and O–H groups in total. The Kier molecular flexibility index (Phi) is 2.11. The molecule has 0 bridgehead atoms. The Labute approximate surface area is 82.0 Å². The first kappa shape index (κ1) is 8.99. The van der Waals surface area contributed by atoms with Crippen molar-refractivity contribution in [1.29, 1.82) is 0 Å². The number of rotatable bonds is 1. The van der Waals surface area contributed by atoms with Crippen LogP contribution >= 0.6 is 0 Å². The van der Waals surface area contributed by atoms with Gasteiger partial charge >= 0.3 is 0 Å². The second kappa shape index (κ2) is 3.29. The van der Waals surface area contributed by atoms with Crippen LogP contribution < -0.4 is 10.6 Å². The van der Waals surface area contributed by atoms with Crippen LogP contribution in [-0.2, 0) is 0 Å². The number of anilines is 1. The summed E-state index contributed by atoms with van der Waals surface area (Å²) in [4.78, 5) is 5.79. The smallest absolute Gasteiger partial charge is 0.196 e. The van der Waals surface area contributed by atoms with E-state index in [1.54, 1.807) is 23.1 Å². The summed E-state index contributed by atoms with van der Waals surface area (Å²) in [6.07, 6.45) is 0. The molecule has 0 aromatic heterocycles. The summed E-state index contributed by atoms with van der Waals surface area (Å²) in [6.45, 7) is 2.59. The van der Waals surface area contributed by atoms with Crippen LogP contribution in [0.25, 0.3) is 0 Å². The van der Waals surface area contributed by atoms with Crippen LogP contribution in [0.3, 0.4) is 0 Å². The van der Waals surface area contributed by atoms with Crippen LogP contribution in [0, 0.1) is 5.82 Å². The highest BCUT2D eigenvalue weighted by atomic mass is 19.1. The summed E-state index contributed by atoms with van der Waals surface area (Å²) in [6, 6.07) is 6.71. The van der Waals surface area contributed by atoms with Crippen LogP contribution in [-0.4, -0.2) is 18.5 Å². The maximum atomic E-state index is 13.4. The van der Waals surface area contributed by atoms with Crippen molar-refractivity contribution in [2.24, 2.45) is 10.7 Å². The van der Waals surface area contributed by atoms with Crippen molar-refractivity contribution in [1.82, 2.24) is 0 Å². The van der Waals surface area contributed by atoms with Crippen molar-refractivity contribution in [2.45, 2.75) is 13.0 Å². The van der Waals surface area contributed by atoms with Gasteiger partial charge < -0.3 is 10.6 Å². The number of aliphatic imine (C=N–C) groups is 1. The first-order valence-corrected chi connectivity index (χ1v) is 4.54. The first-order valence-electron chi connectivity index (χ1n) is 4.54. The van der Waals surface area contributed by atoms with E-state index in [2.05, 4.69) is 4.99 Å². The van der Waals surface area contributed by atoms with Gasteiger partial charge in [0, 0.05) is 0 Å². The average molecular weight is 193 g/mol. The minimum atomic E-state index is -0.264. The Hall–Kier alpha value is -1.58. The number of halogens is 1. The number of hydrogen-bond donors (Lipinski definition) is 1. The zero-order valence-electron chi connectivity index (χ0n) is 7.94. The highest BCUT2D eigenvalue weighted by molar-refractivity contribution is 5.97. The second-order valence-corrected chi connectivity index (χ2v) is 3.37. The zero-order chi connectivity index (χ0) is 10.1. The van der Waals surface area contributed by atoms with Gasteiger partial charge in [-0.25, -0.2) is 4.39 Å². The Morgan fingerprint density at radius 2 is 2.21 bits per heavy atom. The Bertz CT molecular complexity index is 375. The van der Waals surface area contributed by atoms with Crippen LogP contribution in [0.1, 0.15) is 6.92 Å². The molecule has 4 heteroatoms. The van der Waals surface area contributed by atoms with Crippen molar-refractivity contribution >= 4 is 11.6 Å². The molecule has 1 atom stereocenters. The van der Waals surface area contributed by atoms with Gasteiger partial charge in [0.05, 0.1) is 18.3 Å². The molecule has 0 aliphatic carbocycles. The molecule has 0 spiro atoms. The number of para-hydroxylation sites is 1. The second-order valence-electron chi connectivity index (χ2n) is 3.37. The number of benzene rings is 1. The Morgan fingerprint density at radius 1 is 1.50 bits per heavy atom. The SMILES string of the molecule is CC1CN=C(N)N1c1ccccc1F. The monoisotopic (exact) mass is 193 g/mol. The predicted molar refractivity (Wildman–Crippen MR) is 54.8 cm³/mol. The summed E-state index contributed by atoms with van der Waals surface area (Å²) in [5.41, 5.74) is 6.18. The molecule has 0 saturated carbocycles. The summed E-state index contributed by atoms with van der Waals surface area (Å²) < 4.78 is 13.4. The lowest BCUT2D eigenvalue weighted by Crippen LogP contribution is -2.39. The molecule has 1 aliphatic rings. The lowest BCUT2D eigenvalue weighted by molar-refractivity contribution is 0.621. The highest BCUT2D eigenvalue weighted by Gasteiger charge is 2.25. The summed E-state index contributed by atoms with van der Waals surface area (Å²) >= 11 is 0. The summed E-state index contributed by atoms with van der Waals surface area (Å²) in [5, 5.41) is 0. The third-order valence-corrected chi connectivity index (χ3v) is 2.32. The molecular weight excluding hydrogens is 181 g/mol. The zero-order valence-corrected chi connectivity index (χ0v) is 7.94. The predicted octanol–water partition coefficient (Wildman–Crippen LogP) is 1.35. The van der Waals surface area contributed by atoms with Crippen molar-refractivity contribution in [3.05, 3.63) is 30.1 Å². The van der Waals surface area contributed by atoms with E-state index in [1.807, 2.05) is 6.92 Å². The van der Waals surface area contributed by atoms with Gasteiger partial charge in [-0.15, -0.1) is 0 Å². The molecule has 1 aliphatic heterocycles. The van der Waals surface area contributed by atoms with Gasteiger partial charge in [-0.3, -0.25) is 4.99 Å². The van der Waals surface area contributed by atoms with Gasteiger partial charge in [0.1, 0.15) is 5.82 Å². The maximum absolute atomic E-state index is 13.4. The molecule has 1 heterocycles. The van der Waals surface area contributed by atoms with E-state index in [1.165, 1.54) is 6.07 Å². The molecular formula is C10H12FN3. The minimum absolute atomic E-state index is 0.131. The number of nitrogens with two attached hydrogens (primary N) is 1. The minimum Gasteiger partial charge on any atom is -0.370 e. The number of nitrogens with zero attached hydrogens (tertiary/aromatic N) is 2. The van der Waals surface area contributed by atoms with Crippen molar-refractivity contribution < 1.29 is 4.39 Å². The van der Waals surface area contributed by atoms with Crippen LogP contribution in [0.5, 0.6) is 0 Å². The van der Waals surface area contributed by atoms with Gasteiger partial charge in [0.15, 0.2) is 5.96 Å². The van der Waals surface area contributed by atoms with Gasteiger partial charge in [0.25, 0.3) is 0 Å². The third kappa shape index (κ3) is 1.32. The molecule has 74 valence electrons. The fourth-order valence-corrected chi connectivity index (χ4v) is 1.62. The standard InChI is InChI=1S/C10H12FN3/c1-7-6-13-10(12)14(7)9-5-3-2-4-8(9)11/h2-5,7H,6H2,1H3,(H2,12,13). The summed E-state index contributed by atoms with van der Waals surface area (Å²) in [7, 11) is 0. The molecule has 3 nitrogen and oxygen atoms in total. The molecule has 0 saturated heterocycles. The van der Waals surface area contributed by atoms with E-state index in [0.29, 0.717) is 18.2 Å². The van der Waals surface area contributed by atoms with Crippen molar-refractivity contribution in [3.8, 4) is 0 Å². The van der Waals surface area contributed by atoms with Crippen LogP contribution in [0.2, 0.25) is 0 Å². The van der Waals surface area contributed by atoms with E-state index < -0.39 is 0 Å². The molecule has 1 aromatic carbocycles. The Balaban J connectivity index is 2.40. The van der Waals surface area contributed by atoms with Crippen LogP contribution in [0.15, 0.2) is 29.3 Å². The molecule has 0 radical (unpaired) electrons. The average Bonchev–Trinajstić information content (AvgIpc) is 2.48. The fourth-order valence-electron chi connectivity index (χ4n) is 1.62. The van der Waals surface area contributed by atoms with Gasteiger partial charge in [-0.05, 0) is 19.1 Å². The van der Waals surface area contributed by atoms with Gasteiger partial charge in [-0.2, -0.15) is 0 Å². The van der Waals surface area contributed by atoms with E-state index in [9.17, 15) is 4.39 Å². The maximum Gasteiger partial charge on any atom is 0.196 e. The molecule has 1 unspecified atom stereocenters. The number of hydrogen-bond acceptors (Lipinski definition) is 3. The summed E-state index contributed by atoms with van der Waals surface area (Å²) in [5.74, 6) is 0.127. The van der Waals surface area contributed by atoms with E-state index in [0.717, 1.165) is 0 Å². The van der Waals surface area contributed by atoms with Crippen LogP contribution in [0.4, 0.5) is 10.1 Å². The van der Waals surface area contributed by atoms with E-state index in [-0.39, 0.29) is 11.9 Å². The topological polar surface area (TPSA) is 41.6 Å². The normalized spacial score (nSPS) is 21.1. The first-order chi connectivity index (χ1) is 6.70. The lowest BCUT2D eigenvalue weighted by Gasteiger charge is -2.23. The highest BCUT2D eigenvalue weighted by Crippen LogP contribution is 2.23. The Morgan fingerprint density at radius 3 is 2.79 bits per heavy atom. The van der Waals surface area contributed by atoms with Crippen molar-refractivity contribution in [3.63, 3.8) is 0 Å². The number of guanidine groups is 1. The molecule has 1 aromatic rings. The lowest BCUT2D eigenvalue weighted by atomic mass is 10.2. The van der Waals surface area contributed by atoms with E-state index in [4.69, 9.17) is 5.73 Å². The van der Waals surface area contributed by atoms with Crippen molar-refractivity contribution in [2.75, 3.05) is 11.4 Å². The van der Waals surface area contributed by atoms with E-state index >= 15 is 0 Å². The molecule has 0 fully saturated rings. The molecule has 14 heavy (non-hydrogen) atoms.